The number of aromatic nitrogens is 2. The van der Waals surface area contributed by atoms with E-state index < -0.39 is 0 Å². The lowest BCUT2D eigenvalue weighted by Gasteiger charge is -2.32. The molecule has 0 aliphatic carbocycles. The lowest BCUT2D eigenvalue weighted by atomic mass is 10.1. The van der Waals surface area contributed by atoms with Crippen molar-refractivity contribution in [2.45, 2.75) is 37.9 Å². The lowest BCUT2D eigenvalue weighted by Crippen LogP contribution is -2.41. The van der Waals surface area contributed by atoms with Gasteiger partial charge in [-0.25, -0.2) is 9.97 Å². The summed E-state index contributed by atoms with van der Waals surface area (Å²) in [6.45, 7) is 8.54. The molecule has 142 valence electrons. The van der Waals surface area contributed by atoms with Gasteiger partial charge in [-0.3, -0.25) is 0 Å². The first-order valence-electron chi connectivity index (χ1n) is 9.43. The molecule has 1 unspecified atom stereocenters. The Kier molecular flexibility index (Phi) is 4.01. The van der Waals surface area contributed by atoms with Gasteiger partial charge in [0.2, 0.25) is 5.71 Å². The fraction of sp³-hybridized carbons (Fsp3) is 0.273. The van der Waals surface area contributed by atoms with Gasteiger partial charge in [-0.1, -0.05) is 34.7 Å². The molecule has 0 saturated carbocycles. The van der Waals surface area contributed by atoms with Crippen molar-refractivity contribution in [1.29, 1.82) is 0 Å². The minimum absolute atomic E-state index is 0.129. The van der Waals surface area contributed by atoms with Crippen molar-refractivity contribution >= 4 is 61.9 Å². The highest BCUT2D eigenvalue weighted by molar-refractivity contribution is 14.1. The highest BCUT2D eigenvalue weighted by Crippen LogP contribution is 2.48. The number of pyridine rings is 2. The highest BCUT2D eigenvalue weighted by Gasteiger charge is 2.38. The van der Waals surface area contributed by atoms with Gasteiger partial charge in [-0.15, -0.1) is 0 Å². The molecule has 28 heavy (non-hydrogen) atoms. The number of aryl methyl sites for hydroxylation is 2. The predicted octanol–water partition coefficient (Wildman–Crippen LogP) is 6.08. The van der Waals surface area contributed by atoms with Gasteiger partial charge in [0.05, 0.1) is 15.4 Å². The summed E-state index contributed by atoms with van der Waals surface area (Å²) in [6.07, 6.45) is 1.99. The average Bonchev–Trinajstić information content (AvgIpc) is 3.16. The topological polar surface area (TPSA) is 45.4 Å². The molecule has 4 aromatic rings. The molecule has 0 N–H and O–H groups in total. The molecule has 0 amide bonds. The van der Waals surface area contributed by atoms with Crippen LogP contribution in [0.25, 0.3) is 22.1 Å². The Labute approximate surface area is 177 Å². The molecule has 2 atom stereocenters. The molecular weight excluding hydrogens is 463 g/mol. The smallest absolute Gasteiger partial charge is 0.227 e. The van der Waals surface area contributed by atoms with Crippen LogP contribution in [0.5, 0.6) is 0 Å². The molecule has 1 aliphatic heterocycles. The van der Waals surface area contributed by atoms with Crippen LogP contribution in [0.1, 0.15) is 25.1 Å². The van der Waals surface area contributed by atoms with Crippen LogP contribution in [0.3, 0.4) is 0 Å². The van der Waals surface area contributed by atoms with Crippen molar-refractivity contribution in [3.8, 4) is 0 Å². The molecule has 1 aromatic carbocycles. The predicted molar refractivity (Wildman–Crippen MR) is 123 cm³/mol. The van der Waals surface area contributed by atoms with Crippen LogP contribution < -0.4 is 9.80 Å². The molecule has 0 fully saturated rings. The Morgan fingerprint density at radius 3 is 2.68 bits per heavy atom. The summed E-state index contributed by atoms with van der Waals surface area (Å²) >= 11 is 2.45. The maximum atomic E-state index is 6.32. The minimum atomic E-state index is 0.129. The van der Waals surface area contributed by atoms with Crippen LogP contribution in [0.4, 0.5) is 17.2 Å². The first-order valence-corrected chi connectivity index (χ1v) is 10.7. The van der Waals surface area contributed by atoms with Crippen molar-refractivity contribution in [2.24, 2.45) is 0 Å². The summed E-state index contributed by atoms with van der Waals surface area (Å²) in [6, 6.07) is 12.6. The summed E-state index contributed by atoms with van der Waals surface area (Å²) in [7, 11) is 0. The number of furan rings is 1. The van der Waals surface area contributed by atoms with Gasteiger partial charge in [0.25, 0.3) is 0 Å². The van der Waals surface area contributed by atoms with Crippen molar-refractivity contribution in [1.82, 2.24) is 9.97 Å². The van der Waals surface area contributed by atoms with Gasteiger partial charge in [0.1, 0.15) is 6.17 Å². The number of anilines is 3. The van der Waals surface area contributed by atoms with E-state index in [-0.39, 0.29) is 6.17 Å². The molecule has 0 radical (unpaired) electrons. The Balaban J connectivity index is 1.82. The fourth-order valence-electron chi connectivity index (χ4n) is 4.25. The van der Waals surface area contributed by atoms with E-state index in [1.54, 1.807) is 0 Å². The molecule has 0 saturated heterocycles. The Hall–Kier alpha value is -2.35. The van der Waals surface area contributed by atoms with E-state index in [1.165, 1.54) is 5.56 Å². The van der Waals surface area contributed by atoms with Crippen LogP contribution in [0, 0.1) is 13.8 Å². The highest BCUT2D eigenvalue weighted by atomic mass is 127. The van der Waals surface area contributed by atoms with E-state index in [0.29, 0.717) is 9.76 Å². The minimum Gasteiger partial charge on any atom is -0.435 e. The first kappa shape index (κ1) is 17.7. The fourth-order valence-corrected chi connectivity index (χ4v) is 4.98. The number of halogens is 1. The second kappa shape index (κ2) is 6.34. The summed E-state index contributed by atoms with van der Waals surface area (Å²) < 4.78 is 6.63. The number of nitrogens with zero attached hydrogens (tertiary/aromatic N) is 4. The van der Waals surface area contributed by atoms with Crippen molar-refractivity contribution in [2.75, 3.05) is 9.80 Å². The first-order chi connectivity index (χ1) is 13.5. The second-order valence-electron chi connectivity index (χ2n) is 7.34. The largest absolute Gasteiger partial charge is 0.435 e. The van der Waals surface area contributed by atoms with Crippen LogP contribution >= 0.6 is 22.6 Å². The maximum Gasteiger partial charge on any atom is 0.227 e. The molecule has 6 heteroatoms. The molecule has 3 aromatic heterocycles. The van der Waals surface area contributed by atoms with Crippen LogP contribution in [-0.4, -0.2) is 20.2 Å². The van der Waals surface area contributed by atoms with Crippen molar-refractivity contribution < 1.29 is 4.42 Å². The molecule has 5 nitrogen and oxygen atoms in total. The number of rotatable bonds is 2. The standard InChI is InChI=1S/C22H21IN4O/c1-12-7-9-16-17-10-8-13(2)25-22(17)28-20(16)19(12)27-15(4)26(14(3)23)21-18(27)6-5-11-24-21/h5-11,14-15H,1-4H3/t14?,15-/m0/s1. The third kappa shape index (κ3) is 2.43. The molecule has 0 spiro atoms. The third-order valence-electron chi connectivity index (χ3n) is 5.49. The second-order valence-corrected chi connectivity index (χ2v) is 9.15. The van der Waals surface area contributed by atoms with E-state index in [9.17, 15) is 0 Å². The zero-order valence-corrected chi connectivity index (χ0v) is 18.4. The summed E-state index contributed by atoms with van der Waals surface area (Å²) in [4.78, 5) is 14.0. The number of hydrogen-bond donors (Lipinski definition) is 0. The Morgan fingerprint density at radius 2 is 1.89 bits per heavy atom. The number of fused-ring (bicyclic) bond motifs is 4. The monoisotopic (exact) mass is 484 g/mol. The van der Waals surface area contributed by atoms with Crippen LogP contribution in [-0.2, 0) is 0 Å². The summed E-state index contributed by atoms with van der Waals surface area (Å²) in [5.74, 6) is 1.01. The van der Waals surface area contributed by atoms with E-state index in [0.717, 1.165) is 39.2 Å². The van der Waals surface area contributed by atoms with E-state index in [2.05, 4.69) is 87.4 Å². The Bertz CT molecular complexity index is 1220. The van der Waals surface area contributed by atoms with Gasteiger partial charge >= 0.3 is 0 Å². The van der Waals surface area contributed by atoms with Gasteiger partial charge in [-0.05, 0) is 57.5 Å². The summed E-state index contributed by atoms with van der Waals surface area (Å²) in [5.41, 5.74) is 5.91. The van der Waals surface area contributed by atoms with Crippen LogP contribution in [0.2, 0.25) is 0 Å². The van der Waals surface area contributed by atoms with Crippen LogP contribution in [0.15, 0.2) is 47.0 Å². The van der Waals surface area contributed by atoms with Gasteiger partial charge in [-0.2, -0.15) is 0 Å². The quantitative estimate of drug-likeness (QED) is 0.196. The molecule has 0 bridgehead atoms. The van der Waals surface area contributed by atoms with Gasteiger partial charge < -0.3 is 14.2 Å². The van der Waals surface area contributed by atoms with Crippen molar-refractivity contribution in [3.05, 3.63) is 53.9 Å². The van der Waals surface area contributed by atoms with Gasteiger partial charge in [0, 0.05) is 22.7 Å². The van der Waals surface area contributed by atoms with E-state index in [4.69, 9.17) is 4.42 Å². The van der Waals surface area contributed by atoms with E-state index >= 15 is 0 Å². The van der Waals surface area contributed by atoms with E-state index in [1.807, 2.05) is 25.3 Å². The molecular formula is C22H21IN4O. The lowest BCUT2D eigenvalue weighted by molar-refractivity contribution is 0.641. The zero-order valence-electron chi connectivity index (χ0n) is 16.3. The van der Waals surface area contributed by atoms with Gasteiger partial charge in [0.15, 0.2) is 11.4 Å². The third-order valence-corrected chi connectivity index (χ3v) is 6.09. The number of benzene rings is 1. The zero-order chi connectivity index (χ0) is 19.6. The van der Waals surface area contributed by atoms with Crippen molar-refractivity contribution in [3.63, 3.8) is 0 Å². The summed E-state index contributed by atoms with van der Waals surface area (Å²) in [5, 5.41) is 2.15. The SMILES string of the molecule is Cc1ccc2c(n1)oc1c(N3c4cccnc4N(C(C)I)[C@@H]3C)c(C)ccc12. The molecule has 4 heterocycles. The normalized spacial score (nSPS) is 17.5. The number of alkyl halides is 1. The average molecular weight is 484 g/mol. The molecule has 1 aliphatic rings. The maximum absolute atomic E-state index is 6.32. The Morgan fingerprint density at radius 1 is 1.11 bits per heavy atom. The molecule has 5 rings (SSSR count). The number of hydrogen-bond acceptors (Lipinski definition) is 5.